The third-order valence-electron chi connectivity index (χ3n) is 11.3. The van der Waals surface area contributed by atoms with Crippen LogP contribution in [0.3, 0.4) is 0 Å². The lowest BCUT2D eigenvalue weighted by atomic mass is 10.1. The van der Waals surface area contributed by atoms with Crippen molar-refractivity contribution in [3.63, 3.8) is 0 Å². The number of carbonyl (C=O) groups is 3. The molecule has 0 aromatic carbocycles. The zero-order valence-corrected chi connectivity index (χ0v) is 43.8. The van der Waals surface area contributed by atoms with Gasteiger partial charge in [-0.15, -0.1) is 0 Å². The maximum absolute atomic E-state index is 12.8. The van der Waals surface area contributed by atoms with Gasteiger partial charge >= 0.3 is 17.9 Å². The van der Waals surface area contributed by atoms with Crippen LogP contribution in [0.2, 0.25) is 0 Å². The molecule has 0 saturated carbocycles. The van der Waals surface area contributed by atoms with E-state index in [2.05, 4.69) is 93.7 Å². The van der Waals surface area contributed by atoms with Gasteiger partial charge in [-0.3, -0.25) is 14.4 Å². The normalized spacial score (nSPS) is 13.0. The fourth-order valence-electron chi connectivity index (χ4n) is 7.17. The number of hydrogen-bond donors (Lipinski definition) is 0. The van der Waals surface area contributed by atoms with E-state index >= 15 is 0 Å². The second-order valence-electron chi connectivity index (χ2n) is 17.9. The number of carbonyl (C=O) groups excluding carboxylic acids is 3. The maximum Gasteiger partial charge on any atom is 0.306 e. The second kappa shape index (κ2) is 55.4. The first-order valence-corrected chi connectivity index (χ1v) is 27.6. The Balaban J connectivity index is 4.58. The summed E-state index contributed by atoms with van der Waals surface area (Å²) in [5, 5.41) is 0. The van der Waals surface area contributed by atoms with E-state index in [0.29, 0.717) is 19.3 Å². The van der Waals surface area contributed by atoms with Crippen molar-refractivity contribution in [3.8, 4) is 0 Å². The van der Waals surface area contributed by atoms with Gasteiger partial charge in [0.25, 0.3) is 0 Å². The van der Waals surface area contributed by atoms with Gasteiger partial charge in [0.15, 0.2) is 6.10 Å². The Kier molecular flexibility index (Phi) is 52.0. The van der Waals surface area contributed by atoms with E-state index in [1.165, 1.54) is 96.3 Å². The third kappa shape index (κ3) is 52.8. The van der Waals surface area contributed by atoms with E-state index in [9.17, 15) is 14.4 Å². The number of unbranched alkanes of at least 4 members (excludes halogenated alkanes) is 22. The minimum atomic E-state index is -0.832. The molecule has 0 heterocycles. The molecule has 0 bridgehead atoms. The highest BCUT2D eigenvalue weighted by molar-refractivity contribution is 5.71. The lowest BCUT2D eigenvalue weighted by Crippen LogP contribution is -2.30. The summed E-state index contributed by atoms with van der Waals surface area (Å²) < 4.78 is 16.7. The molecule has 6 nitrogen and oxygen atoms in total. The lowest BCUT2D eigenvalue weighted by molar-refractivity contribution is -0.167. The number of ether oxygens (including phenoxy) is 3. The van der Waals surface area contributed by atoms with E-state index in [4.69, 9.17) is 14.2 Å². The van der Waals surface area contributed by atoms with E-state index in [-0.39, 0.29) is 37.5 Å². The smallest absolute Gasteiger partial charge is 0.306 e. The Labute approximate surface area is 418 Å². The van der Waals surface area contributed by atoms with Crippen molar-refractivity contribution in [2.24, 2.45) is 0 Å². The van der Waals surface area contributed by atoms with Crippen molar-refractivity contribution in [3.05, 3.63) is 122 Å². The first-order chi connectivity index (χ1) is 33.5. The molecule has 0 aromatic rings. The fourth-order valence-corrected chi connectivity index (χ4v) is 7.17. The minimum absolute atomic E-state index is 0.123. The highest BCUT2D eigenvalue weighted by Gasteiger charge is 2.19. The molecule has 1 atom stereocenters. The molecule has 0 aromatic heterocycles. The van der Waals surface area contributed by atoms with Crippen LogP contribution in [0.4, 0.5) is 0 Å². The molecule has 0 aliphatic carbocycles. The maximum atomic E-state index is 12.8. The molecule has 384 valence electrons. The Morgan fingerprint density at radius 3 is 1.10 bits per heavy atom. The molecule has 6 heteroatoms. The van der Waals surface area contributed by atoms with Gasteiger partial charge in [-0.05, 0) is 96.3 Å². The summed E-state index contributed by atoms with van der Waals surface area (Å²) >= 11 is 0. The molecule has 0 aliphatic heterocycles. The van der Waals surface area contributed by atoms with Gasteiger partial charge in [0, 0.05) is 19.3 Å². The van der Waals surface area contributed by atoms with E-state index < -0.39 is 6.10 Å². The van der Waals surface area contributed by atoms with Gasteiger partial charge in [0.05, 0.1) is 0 Å². The van der Waals surface area contributed by atoms with Crippen molar-refractivity contribution in [2.45, 2.75) is 239 Å². The average Bonchev–Trinajstić information content (AvgIpc) is 3.34. The summed E-state index contributed by atoms with van der Waals surface area (Å²) in [6, 6.07) is 0. The van der Waals surface area contributed by atoms with Crippen LogP contribution in [0, 0.1) is 0 Å². The molecule has 0 fully saturated rings. The Morgan fingerprint density at radius 2 is 0.647 bits per heavy atom. The highest BCUT2D eigenvalue weighted by Crippen LogP contribution is 2.13. The van der Waals surface area contributed by atoms with Crippen molar-refractivity contribution in [1.82, 2.24) is 0 Å². The molecule has 1 unspecified atom stereocenters. The monoisotopic (exact) mass is 941 g/mol. The molecular weight excluding hydrogens is 841 g/mol. The lowest BCUT2D eigenvalue weighted by Gasteiger charge is -2.18. The summed E-state index contributed by atoms with van der Waals surface area (Å²) in [6.45, 7) is 6.38. The SMILES string of the molecule is CC\C=C/C=C\C=C/C=C\C=C/CCCCCC(=O)OCC(COC(=O)CCCCCCC/C=C\C=C/CCCCCCCCC)OC(=O)CCC/C=C\C/C=C\C/C=C\CCCCCCCC. The molecule has 0 amide bonds. The van der Waals surface area contributed by atoms with E-state index in [0.717, 1.165) is 89.9 Å². The summed E-state index contributed by atoms with van der Waals surface area (Å²) in [5.41, 5.74) is 0. The standard InChI is InChI=1S/C62H100O6/c1-4-7-10-13-16-19-22-25-28-30-32-34-37-40-43-46-49-52-55-61(64)67-58-59(57-66-60(63)54-51-48-45-42-39-36-33-27-24-21-18-15-12-9-6-3)68-62(65)56-53-50-47-44-41-38-35-31-29-26-23-20-17-14-11-8-5-2/h9,12,15,18,21,24,26-30,32-36,38-39,44,47,59H,4-8,10-11,13-14,16-17,19-20,22-23,25,31,37,40-43,45-46,48-58H2,1-3H3/b12-9-,18-15-,24-21-,29-26-,30-28-,33-27-,34-32-,38-35-,39-36-,47-44-. The molecule has 0 spiro atoms. The summed E-state index contributed by atoms with van der Waals surface area (Å²) in [4.78, 5) is 38.1. The zero-order valence-electron chi connectivity index (χ0n) is 43.8. The van der Waals surface area contributed by atoms with Crippen molar-refractivity contribution in [2.75, 3.05) is 13.2 Å². The molecule has 0 N–H and O–H groups in total. The quantitative estimate of drug-likeness (QED) is 0.0199. The van der Waals surface area contributed by atoms with E-state index in [1.807, 2.05) is 48.6 Å². The molecule has 68 heavy (non-hydrogen) atoms. The van der Waals surface area contributed by atoms with Crippen molar-refractivity contribution < 1.29 is 28.6 Å². The van der Waals surface area contributed by atoms with Gasteiger partial charge < -0.3 is 14.2 Å². The van der Waals surface area contributed by atoms with Crippen LogP contribution >= 0.6 is 0 Å². The zero-order chi connectivity index (χ0) is 49.3. The number of hydrogen-bond acceptors (Lipinski definition) is 6. The number of allylic oxidation sites excluding steroid dienone is 20. The predicted octanol–water partition coefficient (Wildman–Crippen LogP) is 18.5. The molecule has 0 aliphatic rings. The Hall–Kier alpha value is -4.19. The topological polar surface area (TPSA) is 78.9 Å². The van der Waals surface area contributed by atoms with Gasteiger partial charge in [0.1, 0.15) is 13.2 Å². The Bertz CT molecular complexity index is 1450. The average molecular weight is 941 g/mol. The van der Waals surface area contributed by atoms with Gasteiger partial charge in [-0.2, -0.15) is 0 Å². The Morgan fingerprint density at radius 1 is 0.324 bits per heavy atom. The number of esters is 3. The minimum Gasteiger partial charge on any atom is -0.462 e. The first kappa shape index (κ1) is 63.8. The van der Waals surface area contributed by atoms with Crippen LogP contribution in [0.1, 0.15) is 233 Å². The molecular formula is C62H100O6. The third-order valence-corrected chi connectivity index (χ3v) is 11.3. The van der Waals surface area contributed by atoms with Gasteiger partial charge in [-0.1, -0.05) is 239 Å². The molecule has 0 rings (SSSR count). The summed E-state index contributed by atoms with van der Waals surface area (Å²) in [6.07, 6.45) is 76.2. The largest absolute Gasteiger partial charge is 0.462 e. The van der Waals surface area contributed by atoms with Crippen LogP contribution in [0.15, 0.2) is 122 Å². The summed E-state index contributed by atoms with van der Waals surface area (Å²) in [5.74, 6) is -1.04. The van der Waals surface area contributed by atoms with E-state index in [1.54, 1.807) is 0 Å². The first-order valence-electron chi connectivity index (χ1n) is 27.6. The summed E-state index contributed by atoms with van der Waals surface area (Å²) in [7, 11) is 0. The molecule has 0 saturated heterocycles. The van der Waals surface area contributed by atoms with Crippen molar-refractivity contribution >= 4 is 17.9 Å². The van der Waals surface area contributed by atoms with Gasteiger partial charge in [-0.25, -0.2) is 0 Å². The van der Waals surface area contributed by atoms with Crippen LogP contribution in [0.5, 0.6) is 0 Å². The van der Waals surface area contributed by atoms with Crippen molar-refractivity contribution in [1.29, 1.82) is 0 Å². The van der Waals surface area contributed by atoms with Gasteiger partial charge in [0.2, 0.25) is 0 Å². The van der Waals surface area contributed by atoms with Crippen LogP contribution in [-0.4, -0.2) is 37.2 Å². The predicted molar refractivity (Wildman–Crippen MR) is 293 cm³/mol. The van der Waals surface area contributed by atoms with Crippen LogP contribution < -0.4 is 0 Å². The molecule has 0 radical (unpaired) electrons. The number of rotatable bonds is 48. The second-order valence-corrected chi connectivity index (χ2v) is 17.9. The fraction of sp³-hybridized carbons (Fsp3) is 0.629. The van der Waals surface area contributed by atoms with Crippen LogP contribution in [0.25, 0.3) is 0 Å². The van der Waals surface area contributed by atoms with Crippen LogP contribution in [-0.2, 0) is 28.6 Å². The highest BCUT2D eigenvalue weighted by atomic mass is 16.6.